The van der Waals surface area contributed by atoms with Crippen LogP contribution < -0.4 is 0 Å². The van der Waals surface area contributed by atoms with E-state index in [0.29, 0.717) is 30.7 Å². The van der Waals surface area contributed by atoms with E-state index in [1.54, 1.807) is 12.1 Å². The van der Waals surface area contributed by atoms with E-state index in [4.69, 9.17) is 9.47 Å². The van der Waals surface area contributed by atoms with Gasteiger partial charge in [-0.05, 0) is 33.0 Å². The molecule has 0 aliphatic carbocycles. The summed E-state index contributed by atoms with van der Waals surface area (Å²) in [5.41, 5.74) is 1.18. The third kappa shape index (κ3) is 7.59. The number of carbonyl (C=O) groups is 2. The molecule has 0 radical (unpaired) electrons. The van der Waals surface area contributed by atoms with Crippen LogP contribution in [0.15, 0.2) is 24.3 Å². The Bertz CT molecular complexity index is 514. The molecule has 1 aromatic rings. The van der Waals surface area contributed by atoms with E-state index in [1.807, 2.05) is 31.1 Å². The lowest BCUT2D eigenvalue weighted by Gasteiger charge is -2.20. The van der Waals surface area contributed by atoms with Gasteiger partial charge in [0.1, 0.15) is 12.7 Å². The number of ether oxygens (including phenoxy) is 2. The van der Waals surface area contributed by atoms with Crippen molar-refractivity contribution in [1.29, 1.82) is 0 Å². The summed E-state index contributed by atoms with van der Waals surface area (Å²) in [5, 5.41) is 0. The molecule has 1 rings (SSSR count). The maximum absolute atomic E-state index is 12.3. The average Bonchev–Trinajstić information content (AvgIpc) is 2.50. The number of hydrogen-bond acceptors (Lipinski definition) is 5. The summed E-state index contributed by atoms with van der Waals surface area (Å²) in [6.45, 7) is 4.45. The van der Waals surface area contributed by atoms with E-state index in [-0.39, 0.29) is 19.4 Å². The SMILES string of the molecule is C.CCCCC(OC(C)=O)c1ccccc1C(=O)OCCN(C)C. The van der Waals surface area contributed by atoms with Crippen LogP contribution in [0.1, 0.15) is 62.6 Å². The predicted molar refractivity (Wildman–Crippen MR) is 96.0 cm³/mol. The summed E-state index contributed by atoms with van der Waals surface area (Å²) >= 11 is 0. The first-order valence-corrected chi connectivity index (χ1v) is 8.03. The van der Waals surface area contributed by atoms with Crippen LogP contribution in [0.25, 0.3) is 0 Å². The quantitative estimate of drug-likeness (QED) is 0.641. The van der Waals surface area contributed by atoms with Crippen molar-refractivity contribution in [2.75, 3.05) is 27.2 Å². The van der Waals surface area contributed by atoms with Crippen molar-refractivity contribution in [3.8, 4) is 0 Å². The van der Waals surface area contributed by atoms with Crippen molar-refractivity contribution in [2.45, 2.75) is 46.6 Å². The molecule has 0 aliphatic heterocycles. The van der Waals surface area contributed by atoms with Gasteiger partial charge in [-0.25, -0.2) is 4.79 Å². The van der Waals surface area contributed by atoms with Gasteiger partial charge in [-0.3, -0.25) is 4.79 Å². The number of carbonyl (C=O) groups excluding carboxylic acids is 2. The van der Waals surface area contributed by atoms with E-state index < -0.39 is 6.10 Å². The maximum atomic E-state index is 12.3. The summed E-state index contributed by atoms with van der Waals surface area (Å²) < 4.78 is 10.7. The molecule has 0 heterocycles. The molecule has 0 fully saturated rings. The van der Waals surface area contributed by atoms with Gasteiger partial charge in [-0.1, -0.05) is 39.0 Å². The number of esters is 2. The molecule has 0 aliphatic rings. The number of benzene rings is 1. The van der Waals surface area contributed by atoms with E-state index in [1.165, 1.54) is 6.92 Å². The minimum atomic E-state index is -0.412. The van der Waals surface area contributed by atoms with Gasteiger partial charge < -0.3 is 14.4 Å². The monoisotopic (exact) mass is 337 g/mol. The maximum Gasteiger partial charge on any atom is 0.338 e. The minimum absolute atomic E-state index is 0. The van der Waals surface area contributed by atoms with Crippen molar-refractivity contribution >= 4 is 11.9 Å². The summed E-state index contributed by atoms with van der Waals surface area (Å²) in [6.07, 6.45) is 2.19. The van der Waals surface area contributed by atoms with Gasteiger partial charge in [0.2, 0.25) is 0 Å². The fraction of sp³-hybridized carbons (Fsp3) is 0.579. The second kappa shape index (κ2) is 11.6. The molecule has 1 aromatic carbocycles. The van der Waals surface area contributed by atoms with Crippen molar-refractivity contribution in [3.05, 3.63) is 35.4 Å². The van der Waals surface area contributed by atoms with Gasteiger partial charge in [0, 0.05) is 19.0 Å². The molecule has 136 valence electrons. The van der Waals surface area contributed by atoms with E-state index in [2.05, 4.69) is 6.92 Å². The number of rotatable bonds is 9. The van der Waals surface area contributed by atoms with E-state index >= 15 is 0 Å². The number of hydrogen-bond donors (Lipinski definition) is 0. The molecule has 0 aromatic heterocycles. The highest BCUT2D eigenvalue weighted by molar-refractivity contribution is 5.91. The summed E-state index contributed by atoms with van der Waals surface area (Å²) in [6, 6.07) is 7.17. The van der Waals surface area contributed by atoms with Crippen LogP contribution >= 0.6 is 0 Å². The van der Waals surface area contributed by atoms with Gasteiger partial charge >= 0.3 is 11.9 Å². The highest BCUT2D eigenvalue weighted by Crippen LogP contribution is 2.27. The lowest BCUT2D eigenvalue weighted by atomic mass is 9.98. The predicted octanol–water partition coefficient (Wildman–Crippen LogP) is 3.84. The topological polar surface area (TPSA) is 55.8 Å². The Labute approximate surface area is 145 Å². The summed E-state index contributed by atoms with van der Waals surface area (Å²) in [7, 11) is 3.84. The first-order chi connectivity index (χ1) is 11.0. The standard InChI is InChI=1S/C18H27NO4.CH4/c1-5-6-11-17(23-14(2)20)15-9-7-8-10-16(15)18(21)22-13-12-19(3)4;/h7-10,17H,5-6,11-13H2,1-4H3;1H4. The Morgan fingerprint density at radius 3 is 2.46 bits per heavy atom. The third-order valence-corrected chi connectivity index (χ3v) is 3.43. The molecule has 0 amide bonds. The van der Waals surface area contributed by atoms with Crippen LogP contribution in [-0.4, -0.2) is 44.1 Å². The zero-order valence-electron chi connectivity index (χ0n) is 14.5. The van der Waals surface area contributed by atoms with Crippen LogP contribution in [-0.2, 0) is 14.3 Å². The van der Waals surface area contributed by atoms with Crippen molar-refractivity contribution in [2.24, 2.45) is 0 Å². The second-order valence-electron chi connectivity index (χ2n) is 5.77. The van der Waals surface area contributed by atoms with Gasteiger partial charge in [0.15, 0.2) is 0 Å². The normalized spacial score (nSPS) is 11.5. The third-order valence-electron chi connectivity index (χ3n) is 3.43. The van der Waals surface area contributed by atoms with Crippen molar-refractivity contribution in [1.82, 2.24) is 4.90 Å². The smallest absolute Gasteiger partial charge is 0.338 e. The summed E-state index contributed by atoms with van der Waals surface area (Å²) in [4.78, 5) is 25.7. The molecular weight excluding hydrogens is 306 g/mol. The van der Waals surface area contributed by atoms with Gasteiger partial charge in [0.05, 0.1) is 5.56 Å². The second-order valence-corrected chi connectivity index (χ2v) is 5.77. The average molecular weight is 337 g/mol. The van der Waals surface area contributed by atoms with Crippen LogP contribution in [0.4, 0.5) is 0 Å². The highest BCUT2D eigenvalue weighted by atomic mass is 16.5. The molecule has 0 bridgehead atoms. The lowest BCUT2D eigenvalue weighted by molar-refractivity contribution is -0.147. The first-order valence-electron chi connectivity index (χ1n) is 8.03. The van der Waals surface area contributed by atoms with Crippen molar-refractivity contribution in [3.63, 3.8) is 0 Å². The van der Waals surface area contributed by atoms with Crippen LogP contribution in [0.2, 0.25) is 0 Å². The molecule has 0 spiro atoms. The zero-order valence-corrected chi connectivity index (χ0v) is 14.5. The molecular formula is C19H31NO4. The Balaban J connectivity index is 0.00000529. The Kier molecular flexibility index (Phi) is 10.7. The fourth-order valence-electron chi connectivity index (χ4n) is 2.23. The van der Waals surface area contributed by atoms with Crippen molar-refractivity contribution < 1.29 is 19.1 Å². The van der Waals surface area contributed by atoms with Gasteiger partial charge in [-0.2, -0.15) is 0 Å². The van der Waals surface area contributed by atoms with Gasteiger partial charge in [-0.15, -0.1) is 0 Å². The molecule has 0 saturated carbocycles. The van der Waals surface area contributed by atoms with E-state index in [9.17, 15) is 9.59 Å². The zero-order chi connectivity index (χ0) is 17.2. The molecule has 0 saturated heterocycles. The van der Waals surface area contributed by atoms with Crippen LogP contribution in [0, 0.1) is 0 Å². The molecule has 5 nitrogen and oxygen atoms in total. The first kappa shape index (κ1) is 22.1. The number of likely N-dealkylation sites (N-methyl/N-ethyl adjacent to an activating group) is 1. The lowest BCUT2D eigenvalue weighted by Crippen LogP contribution is -2.21. The van der Waals surface area contributed by atoms with Crippen LogP contribution in [0.5, 0.6) is 0 Å². The summed E-state index contributed by atoms with van der Waals surface area (Å²) in [5.74, 6) is -0.724. The number of nitrogens with zero attached hydrogens (tertiary/aromatic N) is 1. The minimum Gasteiger partial charge on any atom is -0.461 e. The Hall–Kier alpha value is -1.88. The Morgan fingerprint density at radius 2 is 1.88 bits per heavy atom. The fourth-order valence-corrected chi connectivity index (χ4v) is 2.23. The molecule has 0 N–H and O–H groups in total. The largest absolute Gasteiger partial charge is 0.461 e. The number of unbranched alkanes of at least 4 members (excludes halogenated alkanes) is 1. The van der Waals surface area contributed by atoms with E-state index in [0.717, 1.165) is 12.8 Å². The molecule has 1 unspecified atom stereocenters. The Morgan fingerprint density at radius 1 is 1.21 bits per heavy atom. The van der Waals surface area contributed by atoms with Crippen LogP contribution in [0.3, 0.4) is 0 Å². The molecule has 1 atom stereocenters. The van der Waals surface area contributed by atoms with Gasteiger partial charge in [0.25, 0.3) is 0 Å². The highest BCUT2D eigenvalue weighted by Gasteiger charge is 2.22. The molecule has 5 heteroatoms. The molecule has 24 heavy (non-hydrogen) atoms.